The molecule has 9 nitrogen and oxygen atoms in total. The van der Waals surface area contributed by atoms with Crippen LogP contribution in [-0.2, 0) is 20.8 Å². The predicted octanol–water partition coefficient (Wildman–Crippen LogP) is 1.26. The number of rotatable bonds is 4. The average molecular weight is 393 g/mol. The fourth-order valence-electron chi connectivity index (χ4n) is 2.30. The first-order chi connectivity index (χ1) is 12.4. The lowest BCUT2D eigenvalue weighted by Gasteiger charge is -2.35. The van der Waals surface area contributed by atoms with Gasteiger partial charge in [0.15, 0.2) is 5.82 Å². The first kappa shape index (κ1) is 20.9. The summed E-state index contributed by atoms with van der Waals surface area (Å²) < 4.78 is 48.2. The number of amides is 2. The molecule has 1 aliphatic heterocycles. The molecule has 0 aromatic carbocycles. The van der Waals surface area contributed by atoms with Gasteiger partial charge in [0.1, 0.15) is 31.1 Å². The van der Waals surface area contributed by atoms with Gasteiger partial charge in [-0.05, 0) is 20.8 Å². The van der Waals surface area contributed by atoms with Crippen molar-refractivity contribution in [2.75, 3.05) is 26.3 Å². The highest BCUT2D eigenvalue weighted by Crippen LogP contribution is 2.23. The summed E-state index contributed by atoms with van der Waals surface area (Å²) in [4.78, 5) is 29.4. The molecule has 0 saturated carbocycles. The van der Waals surface area contributed by atoms with Gasteiger partial charge in [-0.15, -0.1) is 0 Å². The molecular formula is C15H22F3N5O4. The van der Waals surface area contributed by atoms with Crippen LogP contribution >= 0.6 is 0 Å². The van der Waals surface area contributed by atoms with Crippen molar-refractivity contribution in [1.29, 1.82) is 0 Å². The molecule has 0 aliphatic carbocycles. The number of aromatic nitrogens is 3. The molecule has 2 amide bonds. The van der Waals surface area contributed by atoms with Crippen molar-refractivity contribution in [3.8, 4) is 0 Å². The Balaban J connectivity index is 2.02. The summed E-state index contributed by atoms with van der Waals surface area (Å²) in [6, 6.07) is -0.618. The lowest BCUT2D eigenvalue weighted by atomic mass is 10.2. The van der Waals surface area contributed by atoms with Crippen molar-refractivity contribution in [2.24, 2.45) is 0 Å². The standard InChI is InChI=1S/C15H22F3N5O4/c1-14(2,3)27-13(25)23-4-5-26-7-10(23)12-20-9-22(21-12)6-11(24)19-8-15(16,17)18/h9-10H,4-8H2,1-3H3,(H,19,24)/t10-/m0/s1. The number of halogens is 3. The topological polar surface area (TPSA) is 98.6 Å². The van der Waals surface area contributed by atoms with Crippen LogP contribution in [0.5, 0.6) is 0 Å². The van der Waals surface area contributed by atoms with Crippen LogP contribution in [0.2, 0.25) is 0 Å². The number of hydrogen-bond donors (Lipinski definition) is 1. The van der Waals surface area contributed by atoms with Gasteiger partial charge in [0, 0.05) is 6.54 Å². The van der Waals surface area contributed by atoms with Gasteiger partial charge in [0.25, 0.3) is 0 Å². The molecule has 12 heteroatoms. The molecule has 1 aromatic rings. The number of nitrogens with one attached hydrogen (secondary N) is 1. The summed E-state index contributed by atoms with van der Waals surface area (Å²) in [7, 11) is 0. The molecule has 1 fully saturated rings. The predicted molar refractivity (Wildman–Crippen MR) is 85.6 cm³/mol. The minimum Gasteiger partial charge on any atom is -0.444 e. The summed E-state index contributed by atoms with van der Waals surface area (Å²) in [5, 5.41) is 5.83. The van der Waals surface area contributed by atoms with Crippen LogP contribution in [0.3, 0.4) is 0 Å². The highest BCUT2D eigenvalue weighted by molar-refractivity contribution is 5.75. The summed E-state index contributed by atoms with van der Waals surface area (Å²) in [5.41, 5.74) is -0.677. The first-order valence-corrected chi connectivity index (χ1v) is 8.25. The highest BCUT2D eigenvalue weighted by Gasteiger charge is 2.34. The number of morpholine rings is 1. The quantitative estimate of drug-likeness (QED) is 0.827. The molecule has 2 rings (SSSR count). The maximum absolute atomic E-state index is 12.4. The Bertz CT molecular complexity index is 671. The lowest BCUT2D eigenvalue weighted by Crippen LogP contribution is -2.46. The van der Waals surface area contributed by atoms with Crippen molar-refractivity contribution in [3.63, 3.8) is 0 Å². The van der Waals surface area contributed by atoms with E-state index in [0.717, 1.165) is 4.68 Å². The monoisotopic (exact) mass is 393 g/mol. The molecule has 1 aliphatic rings. The smallest absolute Gasteiger partial charge is 0.411 e. The zero-order valence-corrected chi connectivity index (χ0v) is 15.2. The Kier molecular flexibility index (Phi) is 6.29. The van der Waals surface area contributed by atoms with Gasteiger partial charge >= 0.3 is 12.3 Å². The molecule has 1 saturated heterocycles. The molecule has 1 aromatic heterocycles. The molecule has 0 bridgehead atoms. The number of alkyl halides is 3. The molecule has 0 spiro atoms. The lowest BCUT2D eigenvalue weighted by molar-refractivity contribution is -0.138. The Hall–Kier alpha value is -2.37. The van der Waals surface area contributed by atoms with Crippen molar-refractivity contribution in [2.45, 2.75) is 45.1 Å². The van der Waals surface area contributed by atoms with Crippen molar-refractivity contribution in [3.05, 3.63) is 12.2 Å². The van der Waals surface area contributed by atoms with Gasteiger partial charge in [-0.1, -0.05) is 0 Å². The van der Waals surface area contributed by atoms with Gasteiger partial charge in [-0.25, -0.2) is 14.5 Å². The maximum Gasteiger partial charge on any atom is 0.411 e. The van der Waals surface area contributed by atoms with E-state index >= 15 is 0 Å². The van der Waals surface area contributed by atoms with E-state index in [4.69, 9.17) is 9.47 Å². The van der Waals surface area contributed by atoms with E-state index in [1.165, 1.54) is 11.2 Å². The molecular weight excluding hydrogens is 371 g/mol. The Morgan fingerprint density at radius 3 is 2.70 bits per heavy atom. The van der Waals surface area contributed by atoms with Crippen LogP contribution < -0.4 is 5.32 Å². The minimum absolute atomic E-state index is 0.142. The molecule has 1 atom stereocenters. The number of hydrogen-bond acceptors (Lipinski definition) is 6. The molecule has 2 heterocycles. The van der Waals surface area contributed by atoms with Crippen LogP contribution in [-0.4, -0.2) is 69.7 Å². The summed E-state index contributed by atoms with van der Waals surface area (Å²) in [6.07, 6.45) is -3.82. The molecule has 152 valence electrons. The zero-order valence-electron chi connectivity index (χ0n) is 15.2. The van der Waals surface area contributed by atoms with Crippen LogP contribution in [0.1, 0.15) is 32.6 Å². The zero-order chi connectivity index (χ0) is 20.2. The van der Waals surface area contributed by atoms with E-state index < -0.39 is 42.9 Å². The third-order valence-electron chi connectivity index (χ3n) is 3.40. The highest BCUT2D eigenvalue weighted by atomic mass is 19.4. The molecule has 0 unspecified atom stereocenters. The Morgan fingerprint density at radius 1 is 1.37 bits per heavy atom. The van der Waals surface area contributed by atoms with E-state index in [2.05, 4.69) is 10.1 Å². The second-order valence-electron chi connectivity index (χ2n) is 6.96. The fourth-order valence-corrected chi connectivity index (χ4v) is 2.30. The van der Waals surface area contributed by atoms with E-state index in [1.807, 2.05) is 0 Å². The third-order valence-corrected chi connectivity index (χ3v) is 3.40. The van der Waals surface area contributed by atoms with E-state index in [0.29, 0.717) is 6.61 Å². The van der Waals surface area contributed by atoms with Crippen molar-refractivity contribution in [1.82, 2.24) is 25.0 Å². The Morgan fingerprint density at radius 2 is 2.07 bits per heavy atom. The second-order valence-corrected chi connectivity index (χ2v) is 6.96. The number of carbonyl (C=O) groups excluding carboxylic acids is 2. The van der Waals surface area contributed by atoms with Crippen molar-refractivity contribution >= 4 is 12.0 Å². The van der Waals surface area contributed by atoms with Crippen molar-refractivity contribution < 1.29 is 32.2 Å². The van der Waals surface area contributed by atoms with Gasteiger partial charge in [0.05, 0.1) is 13.2 Å². The normalized spacial score (nSPS) is 18.3. The van der Waals surface area contributed by atoms with Gasteiger partial charge in [-0.2, -0.15) is 18.3 Å². The van der Waals surface area contributed by atoms with Crippen LogP contribution in [0.15, 0.2) is 6.33 Å². The number of nitrogens with zero attached hydrogens (tertiary/aromatic N) is 4. The third kappa shape index (κ3) is 6.70. The maximum atomic E-state index is 12.4. The van der Waals surface area contributed by atoms with E-state index in [-0.39, 0.29) is 19.0 Å². The van der Waals surface area contributed by atoms with Gasteiger partial charge in [-0.3, -0.25) is 9.69 Å². The van der Waals surface area contributed by atoms with Crippen LogP contribution in [0, 0.1) is 0 Å². The Labute approximate surface area is 153 Å². The first-order valence-electron chi connectivity index (χ1n) is 8.25. The summed E-state index contributed by atoms with van der Waals surface area (Å²) in [5.74, 6) is -0.642. The summed E-state index contributed by atoms with van der Waals surface area (Å²) >= 11 is 0. The number of ether oxygens (including phenoxy) is 2. The SMILES string of the molecule is CC(C)(C)OC(=O)N1CCOC[C@H]1c1ncn(CC(=O)NCC(F)(F)F)n1. The molecule has 27 heavy (non-hydrogen) atoms. The minimum atomic E-state index is -4.49. The molecule has 1 N–H and O–H groups in total. The van der Waals surface area contributed by atoms with Gasteiger partial charge in [0.2, 0.25) is 5.91 Å². The second kappa shape index (κ2) is 8.11. The molecule has 0 radical (unpaired) electrons. The largest absolute Gasteiger partial charge is 0.444 e. The van der Waals surface area contributed by atoms with E-state index in [1.54, 1.807) is 26.1 Å². The summed E-state index contributed by atoms with van der Waals surface area (Å²) in [6.45, 7) is 4.13. The number of carbonyl (C=O) groups is 2. The fraction of sp³-hybridized carbons (Fsp3) is 0.733. The van der Waals surface area contributed by atoms with Crippen LogP contribution in [0.4, 0.5) is 18.0 Å². The average Bonchev–Trinajstić information content (AvgIpc) is 2.99. The van der Waals surface area contributed by atoms with Crippen LogP contribution in [0.25, 0.3) is 0 Å². The van der Waals surface area contributed by atoms with Gasteiger partial charge < -0.3 is 14.8 Å². The van der Waals surface area contributed by atoms with E-state index in [9.17, 15) is 22.8 Å².